The highest BCUT2D eigenvalue weighted by Gasteiger charge is 2.30. The van der Waals surface area contributed by atoms with Gasteiger partial charge in [0.15, 0.2) is 0 Å². The minimum absolute atomic E-state index is 0.102. The number of aromatic nitrogens is 5. The Labute approximate surface area is 227 Å². The van der Waals surface area contributed by atoms with Gasteiger partial charge < -0.3 is 16.0 Å². The Balaban J connectivity index is 1.34. The lowest BCUT2D eigenvalue weighted by Gasteiger charge is -2.14. The molecule has 3 N–H and O–H groups in total. The molecule has 0 aliphatic heterocycles. The second-order valence-corrected chi connectivity index (χ2v) is 8.92. The number of hydrogen-bond acceptors (Lipinski definition) is 7. The number of imidazole rings is 1. The molecule has 0 spiro atoms. The average Bonchev–Trinajstić information content (AvgIpc) is 3.40. The molecule has 2 aromatic carbocycles. The van der Waals surface area contributed by atoms with Crippen molar-refractivity contribution in [3.8, 4) is 5.82 Å². The third-order valence-corrected chi connectivity index (χ3v) is 5.90. The lowest BCUT2D eigenvalue weighted by atomic mass is 10.1. The van der Waals surface area contributed by atoms with Gasteiger partial charge in [0.05, 0.1) is 5.56 Å². The summed E-state index contributed by atoms with van der Waals surface area (Å²) in [6, 6.07) is 14.9. The standard InChI is InChI=1S/C28H23F3N8O/c1-17-6-9-23(33-15-17)38-24-14-25(35-16-34-24)39-11-10-32-27(39)37-22-13-21(8-7-18(22)2)36-26(40)19-4-3-5-20(12-19)28(29,30)31/h3-16H,1-2H3,(H,32,37)(H,36,40)(H,33,34,35,38). The van der Waals surface area contributed by atoms with E-state index >= 15 is 0 Å². The number of rotatable bonds is 7. The molecule has 0 atom stereocenters. The van der Waals surface area contributed by atoms with Crippen LogP contribution in [-0.2, 0) is 6.18 Å². The molecule has 0 saturated carbocycles. The van der Waals surface area contributed by atoms with Crippen LogP contribution < -0.4 is 16.0 Å². The maximum atomic E-state index is 13.1. The van der Waals surface area contributed by atoms with Crippen molar-refractivity contribution < 1.29 is 18.0 Å². The molecule has 3 aromatic heterocycles. The third kappa shape index (κ3) is 6.07. The first-order valence-corrected chi connectivity index (χ1v) is 12.1. The van der Waals surface area contributed by atoms with Crippen LogP contribution in [0.4, 0.5) is 42.1 Å². The van der Waals surface area contributed by atoms with E-state index in [4.69, 9.17) is 0 Å². The number of carbonyl (C=O) groups is 1. The quantitative estimate of drug-likeness (QED) is 0.217. The van der Waals surface area contributed by atoms with Gasteiger partial charge in [-0.05, 0) is 61.4 Å². The predicted molar refractivity (Wildman–Crippen MR) is 145 cm³/mol. The second kappa shape index (κ2) is 10.8. The predicted octanol–water partition coefficient (Wildman–Crippen LogP) is 6.43. The smallest absolute Gasteiger partial charge is 0.325 e. The highest BCUT2D eigenvalue weighted by atomic mass is 19.4. The lowest BCUT2D eigenvalue weighted by molar-refractivity contribution is -0.137. The van der Waals surface area contributed by atoms with E-state index in [1.165, 1.54) is 18.5 Å². The van der Waals surface area contributed by atoms with Gasteiger partial charge in [-0.3, -0.25) is 9.36 Å². The number of nitrogens with one attached hydrogen (secondary N) is 3. The average molecular weight is 545 g/mol. The van der Waals surface area contributed by atoms with Crippen molar-refractivity contribution in [2.75, 3.05) is 16.0 Å². The van der Waals surface area contributed by atoms with E-state index in [1.54, 1.807) is 47.4 Å². The first-order chi connectivity index (χ1) is 19.2. The van der Waals surface area contributed by atoms with E-state index < -0.39 is 17.6 Å². The van der Waals surface area contributed by atoms with Crippen molar-refractivity contribution >= 4 is 34.9 Å². The zero-order chi connectivity index (χ0) is 28.3. The molecule has 0 aliphatic rings. The van der Waals surface area contributed by atoms with Gasteiger partial charge in [0.2, 0.25) is 5.95 Å². The van der Waals surface area contributed by atoms with Crippen molar-refractivity contribution in [2.24, 2.45) is 0 Å². The Morgan fingerprint density at radius 1 is 0.875 bits per heavy atom. The molecule has 9 nitrogen and oxygen atoms in total. The van der Waals surface area contributed by atoms with Gasteiger partial charge in [-0.1, -0.05) is 18.2 Å². The second-order valence-electron chi connectivity index (χ2n) is 8.92. The zero-order valence-corrected chi connectivity index (χ0v) is 21.4. The maximum Gasteiger partial charge on any atom is 0.416 e. The van der Waals surface area contributed by atoms with Gasteiger partial charge in [0.1, 0.15) is 23.8 Å². The normalized spacial score (nSPS) is 11.2. The molecule has 0 fully saturated rings. The van der Waals surface area contributed by atoms with Crippen molar-refractivity contribution in [3.05, 3.63) is 108 Å². The number of nitrogens with zero attached hydrogens (tertiary/aromatic N) is 5. The Morgan fingerprint density at radius 2 is 1.73 bits per heavy atom. The largest absolute Gasteiger partial charge is 0.416 e. The number of anilines is 5. The number of pyridine rings is 1. The molecular weight excluding hydrogens is 521 g/mol. The third-order valence-electron chi connectivity index (χ3n) is 5.90. The van der Waals surface area contributed by atoms with Crippen LogP contribution in [0.5, 0.6) is 0 Å². The van der Waals surface area contributed by atoms with Crippen molar-refractivity contribution in [1.29, 1.82) is 0 Å². The summed E-state index contributed by atoms with van der Waals surface area (Å²) in [5.41, 5.74) is 1.92. The number of carbonyl (C=O) groups excluding carboxylic acids is 1. The number of benzene rings is 2. The van der Waals surface area contributed by atoms with Crippen LogP contribution in [0.25, 0.3) is 5.82 Å². The fourth-order valence-electron chi connectivity index (χ4n) is 3.80. The van der Waals surface area contributed by atoms with Crippen LogP contribution >= 0.6 is 0 Å². The fraction of sp³-hybridized carbons (Fsp3) is 0.107. The minimum atomic E-state index is -4.54. The molecule has 0 unspecified atom stereocenters. The first kappa shape index (κ1) is 26.4. The highest BCUT2D eigenvalue weighted by Crippen LogP contribution is 2.30. The van der Waals surface area contributed by atoms with Crippen LogP contribution in [0.1, 0.15) is 27.0 Å². The lowest BCUT2D eigenvalue weighted by Crippen LogP contribution is -2.14. The van der Waals surface area contributed by atoms with Crippen LogP contribution in [0, 0.1) is 13.8 Å². The van der Waals surface area contributed by atoms with Crippen LogP contribution in [0.3, 0.4) is 0 Å². The van der Waals surface area contributed by atoms with E-state index in [2.05, 4.69) is 35.9 Å². The molecule has 5 rings (SSSR count). The molecule has 0 saturated heterocycles. The number of halogens is 3. The van der Waals surface area contributed by atoms with Crippen LogP contribution in [0.15, 0.2) is 85.6 Å². The van der Waals surface area contributed by atoms with Gasteiger partial charge in [-0.25, -0.2) is 19.9 Å². The van der Waals surface area contributed by atoms with Gasteiger partial charge in [-0.2, -0.15) is 13.2 Å². The number of aryl methyl sites for hydroxylation is 2. The Bertz CT molecular complexity index is 1670. The molecule has 3 heterocycles. The molecule has 0 radical (unpaired) electrons. The summed E-state index contributed by atoms with van der Waals surface area (Å²) < 4.78 is 40.9. The van der Waals surface area contributed by atoms with Crippen molar-refractivity contribution in [2.45, 2.75) is 20.0 Å². The summed E-state index contributed by atoms with van der Waals surface area (Å²) in [5, 5.41) is 9.04. The van der Waals surface area contributed by atoms with Crippen LogP contribution in [0.2, 0.25) is 0 Å². The number of amides is 1. The van der Waals surface area contributed by atoms with Gasteiger partial charge in [0, 0.05) is 41.6 Å². The van der Waals surface area contributed by atoms with Gasteiger partial charge >= 0.3 is 6.18 Å². The fourth-order valence-corrected chi connectivity index (χ4v) is 3.80. The molecule has 12 heteroatoms. The van der Waals surface area contributed by atoms with Crippen molar-refractivity contribution in [3.63, 3.8) is 0 Å². The van der Waals surface area contributed by atoms with Crippen molar-refractivity contribution in [1.82, 2.24) is 24.5 Å². The topological polar surface area (TPSA) is 110 Å². The summed E-state index contributed by atoms with van der Waals surface area (Å²) in [6.07, 6.45) is 1.96. The van der Waals surface area contributed by atoms with Gasteiger partial charge in [0.25, 0.3) is 5.91 Å². The maximum absolute atomic E-state index is 13.1. The van der Waals surface area contributed by atoms with Crippen LogP contribution in [-0.4, -0.2) is 30.4 Å². The Hall–Kier alpha value is -5.26. The SMILES string of the molecule is Cc1ccc(Nc2cc(-n3ccnc3Nc3cc(NC(=O)c4cccc(C(F)(F)F)c4)ccc3C)ncn2)nc1. The van der Waals surface area contributed by atoms with E-state index in [0.717, 1.165) is 23.3 Å². The molecule has 202 valence electrons. The van der Waals surface area contributed by atoms with E-state index in [1.807, 2.05) is 26.0 Å². The van der Waals surface area contributed by atoms with E-state index in [9.17, 15) is 18.0 Å². The highest BCUT2D eigenvalue weighted by molar-refractivity contribution is 6.04. The summed E-state index contributed by atoms with van der Waals surface area (Å²) in [6.45, 7) is 3.82. The first-order valence-electron chi connectivity index (χ1n) is 12.1. The Kier molecular flexibility index (Phi) is 7.15. The summed E-state index contributed by atoms with van der Waals surface area (Å²) in [7, 11) is 0. The summed E-state index contributed by atoms with van der Waals surface area (Å²) in [4.78, 5) is 30.0. The summed E-state index contributed by atoms with van der Waals surface area (Å²) in [5.74, 6) is 1.50. The molecule has 0 bridgehead atoms. The zero-order valence-electron chi connectivity index (χ0n) is 21.4. The Morgan fingerprint density at radius 3 is 2.50 bits per heavy atom. The molecular formula is C28H23F3N8O. The van der Waals surface area contributed by atoms with E-state index in [-0.39, 0.29) is 5.56 Å². The summed E-state index contributed by atoms with van der Waals surface area (Å²) >= 11 is 0. The number of hydrogen-bond donors (Lipinski definition) is 3. The molecule has 5 aromatic rings. The number of alkyl halides is 3. The van der Waals surface area contributed by atoms with Gasteiger partial charge in [-0.15, -0.1) is 0 Å². The molecule has 0 aliphatic carbocycles. The van der Waals surface area contributed by atoms with E-state index in [0.29, 0.717) is 34.8 Å². The minimum Gasteiger partial charge on any atom is -0.325 e. The molecule has 40 heavy (non-hydrogen) atoms. The molecule has 1 amide bonds. The monoisotopic (exact) mass is 544 g/mol.